The summed E-state index contributed by atoms with van der Waals surface area (Å²) in [5.74, 6) is 5.47. The van der Waals surface area contributed by atoms with Gasteiger partial charge in [-0.25, -0.2) is 0 Å². The van der Waals surface area contributed by atoms with Gasteiger partial charge in [0.1, 0.15) is 0 Å². The second kappa shape index (κ2) is 7.75. The number of rotatable bonds is 5. The lowest BCUT2D eigenvalue weighted by Gasteiger charge is -2.58. The van der Waals surface area contributed by atoms with Gasteiger partial charge in [-0.15, -0.1) is 0 Å². The minimum absolute atomic E-state index is 0.0760. The molecule has 3 saturated carbocycles. The Kier molecular flexibility index (Phi) is 5.80. The average molecular weight is 387 g/mol. The molecule has 160 valence electrons. The van der Waals surface area contributed by atoms with E-state index < -0.39 is 0 Å². The highest BCUT2D eigenvalue weighted by atomic mass is 16.3. The van der Waals surface area contributed by atoms with Crippen LogP contribution in [0.25, 0.3) is 0 Å². The molecule has 0 aromatic carbocycles. The summed E-state index contributed by atoms with van der Waals surface area (Å²) in [6.45, 7) is 12.5. The number of hydrogen-bond donors (Lipinski definition) is 1. The summed E-state index contributed by atoms with van der Waals surface area (Å²) < 4.78 is 0. The fourth-order valence-corrected chi connectivity index (χ4v) is 8.36. The molecule has 3 fully saturated rings. The van der Waals surface area contributed by atoms with Crippen molar-refractivity contribution in [3.05, 3.63) is 11.6 Å². The molecule has 8 atom stereocenters. The summed E-state index contributed by atoms with van der Waals surface area (Å²) in [5.41, 5.74) is 2.61. The molecule has 0 aromatic rings. The molecule has 0 aliphatic heterocycles. The molecule has 0 spiro atoms. The Bertz CT molecular complexity index is 591. The Labute approximate surface area is 174 Å². The van der Waals surface area contributed by atoms with E-state index in [9.17, 15) is 5.11 Å². The van der Waals surface area contributed by atoms with E-state index in [4.69, 9.17) is 0 Å². The lowest BCUT2D eigenvalue weighted by molar-refractivity contribution is -0.0523. The summed E-state index contributed by atoms with van der Waals surface area (Å²) in [7, 11) is 0. The maximum atomic E-state index is 10.2. The van der Waals surface area contributed by atoms with Crippen LogP contribution in [0, 0.1) is 46.3 Å². The van der Waals surface area contributed by atoms with Gasteiger partial charge in [-0.2, -0.15) is 0 Å². The highest BCUT2D eigenvalue weighted by molar-refractivity contribution is 5.25. The topological polar surface area (TPSA) is 20.2 Å². The third kappa shape index (κ3) is 3.52. The van der Waals surface area contributed by atoms with Gasteiger partial charge < -0.3 is 5.11 Å². The van der Waals surface area contributed by atoms with Gasteiger partial charge in [0.2, 0.25) is 0 Å². The monoisotopic (exact) mass is 386 g/mol. The molecule has 1 heteroatoms. The van der Waals surface area contributed by atoms with Gasteiger partial charge in [-0.3, -0.25) is 0 Å². The Morgan fingerprint density at radius 1 is 1.00 bits per heavy atom. The minimum Gasteiger partial charge on any atom is -0.393 e. The number of fused-ring (bicyclic) bond motifs is 5. The van der Waals surface area contributed by atoms with Gasteiger partial charge in [-0.1, -0.05) is 59.1 Å². The van der Waals surface area contributed by atoms with Crippen LogP contribution >= 0.6 is 0 Å². The van der Waals surface area contributed by atoms with Crippen LogP contribution < -0.4 is 0 Å². The smallest absolute Gasteiger partial charge is 0.0577 e. The molecule has 8 unspecified atom stereocenters. The third-order valence-electron chi connectivity index (χ3n) is 10.2. The second-order valence-electron chi connectivity index (χ2n) is 12.3. The predicted octanol–water partition coefficient (Wildman–Crippen LogP) is 7.39. The van der Waals surface area contributed by atoms with Gasteiger partial charge >= 0.3 is 0 Å². The molecule has 4 aliphatic carbocycles. The van der Waals surface area contributed by atoms with Crippen molar-refractivity contribution in [1.82, 2.24) is 0 Å². The van der Waals surface area contributed by atoms with E-state index in [0.29, 0.717) is 10.8 Å². The van der Waals surface area contributed by atoms with E-state index in [1.54, 1.807) is 5.57 Å². The highest BCUT2D eigenvalue weighted by Gasteiger charge is 2.58. The van der Waals surface area contributed by atoms with Gasteiger partial charge in [-0.05, 0) is 104 Å². The largest absolute Gasteiger partial charge is 0.393 e. The summed E-state index contributed by atoms with van der Waals surface area (Å²) in [6.07, 6.45) is 17.2. The number of hydrogen-bond acceptors (Lipinski definition) is 1. The van der Waals surface area contributed by atoms with Crippen LogP contribution in [0.15, 0.2) is 11.6 Å². The second-order valence-corrected chi connectivity index (χ2v) is 12.3. The van der Waals surface area contributed by atoms with Crippen LogP contribution in [0.3, 0.4) is 0 Å². The molecule has 4 rings (SSSR count). The molecule has 0 bridgehead atoms. The highest BCUT2D eigenvalue weighted by Crippen LogP contribution is 2.66. The Morgan fingerprint density at radius 3 is 2.54 bits per heavy atom. The molecular weight excluding hydrogens is 340 g/mol. The zero-order valence-electron chi connectivity index (χ0n) is 19.3. The normalized spacial score (nSPS) is 46.5. The predicted molar refractivity (Wildman–Crippen MR) is 119 cm³/mol. The lowest BCUT2D eigenvalue weighted by Crippen LogP contribution is -2.50. The van der Waals surface area contributed by atoms with E-state index >= 15 is 0 Å². The summed E-state index contributed by atoms with van der Waals surface area (Å²) in [5, 5.41) is 10.2. The van der Waals surface area contributed by atoms with E-state index in [1.165, 1.54) is 57.8 Å². The first kappa shape index (κ1) is 21.0. The van der Waals surface area contributed by atoms with Crippen molar-refractivity contribution in [3.8, 4) is 0 Å². The van der Waals surface area contributed by atoms with Crippen LogP contribution in [0.5, 0.6) is 0 Å². The van der Waals surface area contributed by atoms with E-state index in [-0.39, 0.29) is 6.10 Å². The molecule has 0 heterocycles. The fourth-order valence-electron chi connectivity index (χ4n) is 8.36. The molecule has 1 nitrogen and oxygen atoms in total. The molecule has 0 amide bonds. The van der Waals surface area contributed by atoms with Crippen LogP contribution in [0.1, 0.15) is 105 Å². The van der Waals surface area contributed by atoms with Crippen LogP contribution in [-0.2, 0) is 0 Å². The number of aliphatic hydroxyl groups excluding tert-OH is 1. The first-order valence-electron chi connectivity index (χ1n) is 12.6. The van der Waals surface area contributed by atoms with Crippen molar-refractivity contribution in [2.75, 3.05) is 0 Å². The summed E-state index contributed by atoms with van der Waals surface area (Å²) >= 11 is 0. The van der Waals surface area contributed by atoms with Crippen molar-refractivity contribution < 1.29 is 5.11 Å². The molecule has 0 aromatic heterocycles. The third-order valence-corrected chi connectivity index (χ3v) is 10.2. The van der Waals surface area contributed by atoms with Crippen molar-refractivity contribution in [1.29, 1.82) is 0 Å². The molecule has 1 N–H and O–H groups in total. The quantitative estimate of drug-likeness (QED) is 0.488. The van der Waals surface area contributed by atoms with Gasteiger partial charge in [0.15, 0.2) is 0 Å². The number of aliphatic hydroxyl groups is 1. The van der Waals surface area contributed by atoms with E-state index in [1.807, 2.05) is 0 Å². The maximum Gasteiger partial charge on any atom is 0.0577 e. The zero-order valence-corrected chi connectivity index (χ0v) is 19.3. The Hall–Kier alpha value is -0.300. The SMILES string of the molecule is CC(C)CCC(C)CC1CCC2C3CC=C4CC(O)CCC4(C)C3CCC12C. The van der Waals surface area contributed by atoms with Gasteiger partial charge in [0, 0.05) is 0 Å². The van der Waals surface area contributed by atoms with Crippen molar-refractivity contribution in [2.24, 2.45) is 46.3 Å². The zero-order chi connectivity index (χ0) is 20.1. The standard InChI is InChI=1S/C27H46O/c1-18(2)6-7-19(3)16-20-9-11-24-23-10-8-21-17-22(28)12-14-26(21,4)25(23)13-15-27(20,24)5/h8,18-20,22-25,28H,6-7,9-17H2,1-5H3. The fraction of sp³-hybridized carbons (Fsp3) is 0.926. The van der Waals surface area contributed by atoms with Crippen LogP contribution in [-0.4, -0.2) is 11.2 Å². The first-order valence-corrected chi connectivity index (χ1v) is 12.6. The van der Waals surface area contributed by atoms with Gasteiger partial charge in [0.05, 0.1) is 6.10 Å². The number of allylic oxidation sites excluding steroid dienone is 1. The maximum absolute atomic E-state index is 10.2. The first-order chi connectivity index (χ1) is 13.2. The average Bonchev–Trinajstić information content (AvgIpc) is 2.97. The van der Waals surface area contributed by atoms with E-state index in [0.717, 1.165) is 48.3 Å². The summed E-state index contributed by atoms with van der Waals surface area (Å²) in [4.78, 5) is 0. The molecule has 28 heavy (non-hydrogen) atoms. The molecular formula is C27H46O. The molecule has 0 radical (unpaired) electrons. The Balaban J connectivity index is 1.48. The minimum atomic E-state index is -0.0760. The van der Waals surface area contributed by atoms with Gasteiger partial charge in [0.25, 0.3) is 0 Å². The summed E-state index contributed by atoms with van der Waals surface area (Å²) in [6, 6.07) is 0. The van der Waals surface area contributed by atoms with Crippen LogP contribution in [0.2, 0.25) is 0 Å². The van der Waals surface area contributed by atoms with Crippen molar-refractivity contribution in [2.45, 2.75) is 111 Å². The molecule has 4 aliphatic rings. The Morgan fingerprint density at radius 2 is 1.79 bits per heavy atom. The van der Waals surface area contributed by atoms with Crippen molar-refractivity contribution in [3.63, 3.8) is 0 Å². The van der Waals surface area contributed by atoms with Crippen LogP contribution in [0.4, 0.5) is 0 Å². The lowest BCUT2D eigenvalue weighted by atomic mass is 9.47. The van der Waals surface area contributed by atoms with E-state index in [2.05, 4.69) is 40.7 Å². The van der Waals surface area contributed by atoms with Crippen molar-refractivity contribution >= 4 is 0 Å². The molecule has 0 saturated heterocycles.